The van der Waals surface area contributed by atoms with Crippen LogP contribution in [0.3, 0.4) is 0 Å². The van der Waals surface area contributed by atoms with E-state index < -0.39 is 18.0 Å². The summed E-state index contributed by atoms with van der Waals surface area (Å²) in [7, 11) is 0. The number of primary amides is 1. The van der Waals surface area contributed by atoms with Gasteiger partial charge < -0.3 is 31.7 Å². The maximum atomic E-state index is 12.7. The lowest BCUT2D eigenvalue weighted by Gasteiger charge is -2.62. The van der Waals surface area contributed by atoms with Gasteiger partial charge in [0, 0.05) is 13.0 Å². The number of nitrogens with one attached hydrogen (secondary N) is 2. The number of aliphatic carboxylic acids is 1. The number of amides is 3. The van der Waals surface area contributed by atoms with E-state index in [-0.39, 0.29) is 47.8 Å². The topological polar surface area (TPSA) is 162 Å². The predicted molar refractivity (Wildman–Crippen MR) is 147 cm³/mol. The van der Waals surface area contributed by atoms with Crippen LogP contribution in [0.4, 0.5) is 4.79 Å². The standard InChI is InChI=1S/C30H51N3O6/c1-17(6-9-26(36)33-24(27(37)38)5-4-14-32-28(31)39)20-7-8-21-19-16-25(35)23-15-18(34)10-12-30(23,3)22(19)11-13-29(20,21)2/h17-25,34-35H,4-16H2,1-3H3,(H,33,36)(H,37,38)(H3,31,32,39)/t17-,18-,19+,20-,21+,22+,23+,24+,25+,29-,30-/m1/s1. The van der Waals surface area contributed by atoms with Crippen molar-refractivity contribution in [3.05, 3.63) is 0 Å². The largest absolute Gasteiger partial charge is 0.480 e. The summed E-state index contributed by atoms with van der Waals surface area (Å²) in [5, 5.41) is 36.1. The van der Waals surface area contributed by atoms with Gasteiger partial charge in [0.15, 0.2) is 0 Å². The molecule has 0 aromatic rings. The zero-order valence-corrected chi connectivity index (χ0v) is 24.0. The number of urea groups is 1. The lowest BCUT2D eigenvalue weighted by atomic mass is 9.44. The number of hydrogen-bond donors (Lipinski definition) is 6. The molecule has 4 aliphatic rings. The normalized spacial score (nSPS) is 40.9. The zero-order valence-electron chi connectivity index (χ0n) is 24.0. The summed E-state index contributed by atoms with van der Waals surface area (Å²) in [6, 6.07) is -1.63. The van der Waals surface area contributed by atoms with Crippen LogP contribution < -0.4 is 16.4 Å². The van der Waals surface area contributed by atoms with Crippen LogP contribution in [-0.2, 0) is 9.59 Å². The minimum atomic E-state index is -1.07. The SMILES string of the molecule is C[C@H](CCC(=O)N[C@@H](CCCNC(N)=O)C(=O)O)[C@H]1CC[C@H]2[C@@H]3C[C@H](O)[C@@H]4C[C@H](O)CC[C@]4(C)[C@H]3CC[C@]12C. The first kappa shape index (κ1) is 30.1. The van der Waals surface area contributed by atoms with Crippen molar-refractivity contribution >= 4 is 17.9 Å². The molecule has 7 N–H and O–H groups in total. The molecule has 11 atom stereocenters. The summed E-state index contributed by atoms with van der Waals surface area (Å²) >= 11 is 0. The molecule has 4 fully saturated rings. The second kappa shape index (κ2) is 11.9. The van der Waals surface area contributed by atoms with Crippen molar-refractivity contribution < 1.29 is 29.7 Å². The molecule has 0 aliphatic heterocycles. The summed E-state index contributed by atoms with van der Waals surface area (Å²) in [6.07, 6.45) is 9.19. The third-order valence-electron chi connectivity index (χ3n) is 11.8. The molecule has 0 saturated heterocycles. The van der Waals surface area contributed by atoms with Crippen LogP contribution in [0.1, 0.15) is 97.8 Å². The van der Waals surface area contributed by atoms with Gasteiger partial charge in [-0.3, -0.25) is 4.79 Å². The van der Waals surface area contributed by atoms with Gasteiger partial charge in [-0.1, -0.05) is 20.8 Å². The lowest BCUT2D eigenvalue weighted by molar-refractivity contribution is -0.172. The number of carbonyl (C=O) groups excluding carboxylic acids is 2. The fourth-order valence-electron chi connectivity index (χ4n) is 9.86. The Labute approximate surface area is 233 Å². The molecule has 4 rings (SSSR count). The highest BCUT2D eigenvalue weighted by atomic mass is 16.4. The Bertz CT molecular complexity index is 915. The Morgan fingerprint density at radius 2 is 1.64 bits per heavy atom. The lowest BCUT2D eigenvalue weighted by Crippen LogP contribution is -2.58. The van der Waals surface area contributed by atoms with Crippen LogP contribution in [0, 0.1) is 46.3 Å². The van der Waals surface area contributed by atoms with Gasteiger partial charge in [-0.05, 0) is 117 Å². The molecule has 4 aliphatic carbocycles. The first-order valence-electron chi connectivity index (χ1n) is 15.3. The number of aliphatic hydroxyl groups is 2. The van der Waals surface area contributed by atoms with E-state index in [0.717, 1.165) is 38.5 Å². The molecule has 39 heavy (non-hydrogen) atoms. The number of hydrogen-bond acceptors (Lipinski definition) is 5. The highest BCUT2D eigenvalue weighted by molar-refractivity contribution is 5.83. The Hall–Kier alpha value is -1.87. The van der Waals surface area contributed by atoms with Crippen LogP contribution in [0.2, 0.25) is 0 Å². The Morgan fingerprint density at radius 1 is 0.949 bits per heavy atom. The first-order valence-corrected chi connectivity index (χ1v) is 15.3. The number of aliphatic hydroxyl groups excluding tert-OH is 2. The van der Waals surface area contributed by atoms with Crippen LogP contribution in [0.5, 0.6) is 0 Å². The van der Waals surface area contributed by atoms with Gasteiger partial charge in [-0.2, -0.15) is 0 Å². The van der Waals surface area contributed by atoms with Crippen LogP contribution in [0.15, 0.2) is 0 Å². The first-order chi connectivity index (χ1) is 18.4. The van der Waals surface area contributed by atoms with Gasteiger partial charge in [-0.25, -0.2) is 9.59 Å². The molecule has 0 spiro atoms. The van der Waals surface area contributed by atoms with E-state index in [2.05, 4.69) is 31.4 Å². The molecule has 0 bridgehead atoms. The van der Waals surface area contributed by atoms with Crippen molar-refractivity contribution in [3.63, 3.8) is 0 Å². The number of nitrogens with two attached hydrogens (primary N) is 1. The predicted octanol–water partition coefficient (Wildman–Crippen LogP) is 3.41. The van der Waals surface area contributed by atoms with E-state index in [1.165, 1.54) is 19.3 Å². The maximum Gasteiger partial charge on any atom is 0.326 e. The van der Waals surface area contributed by atoms with Gasteiger partial charge in [-0.15, -0.1) is 0 Å². The monoisotopic (exact) mass is 549 g/mol. The van der Waals surface area contributed by atoms with Crippen LogP contribution in [0.25, 0.3) is 0 Å². The highest BCUT2D eigenvalue weighted by Crippen LogP contribution is 2.68. The fourth-order valence-corrected chi connectivity index (χ4v) is 9.86. The number of carboxylic acids is 1. The van der Waals surface area contributed by atoms with Crippen molar-refractivity contribution in [1.82, 2.24) is 10.6 Å². The van der Waals surface area contributed by atoms with E-state index in [9.17, 15) is 29.7 Å². The van der Waals surface area contributed by atoms with Gasteiger partial charge >= 0.3 is 12.0 Å². The van der Waals surface area contributed by atoms with E-state index in [1.54, 1.807) is 0 Å². The summed E-state index contributed by atoms with van der Waals surface area (Å²) in [4.78, 5) is 35.1. The van der Waals surface area contributed by atoms with Crippen molar-refractivity contribution in [2.75, 3.05) is 6.54 Å². The number of carbonyl (C=O) groups is 3. The molecule has 0 aromatic carbocycles. The molecule has 0 aromatic heterocycles. The average Bonchev–Trinajstić information content (AvgIpc) is 3.22. The molecule has 0 heterocycles. The highest BCUT2D eigenvalue weighted by Gasteiger charge is 2.62. The number of fused-ring (bicyclic) bond motifs is 5. The third-order valence-corrected chi connectivity index (χ3v) is 11.8. The molecule has 0 unspecified atom stereocenters. The maximum absolute atomic E-state index is 12.7. The zero-order chi connectivity index (χ0) is 28.5. The molecule has 4 saturated carbocycles. The van der Waals surface area contributed by atoms with Gasteiger partial charge in [0.05, 0.1) is 12.2 Å². The van der Waals surface area contributed by atoms with Crippen molar-refractivity contribution in [2.24, 2.45) is 52.1 Å². The molecular formula is C30H51N3O6. The fraction of sp³-hybridized carbons (Fsp3) is 0.900. The Balaban J connectivity index is 1.33. The summed E-state index contributed by atoms with van der Waals surface area (Å²) in [5.41, 5.74) is 5.35. The quantitative estimate of drug-likeness (QED) is 0.229. The smallest absolute Gasteiger partial charge is 0.326 e. The molecule has 9 nitrogen and oxygen atoms in total. The van der Waals surface area contributed by atoms with Crippen LogP contribution in [-0.4, -0.2) is 58.0 Å². The second-order valence-corrected chi connectivity index (χ2v) is 13.9. The van der Waals surface area contributed by atoms with Gasteiger partial charge in [0.25, 0.3) is 0 Å². The molecule has 3 amide bonds. The minimum Gasteiger partial charge on any atom is -0.480 e. The van der Waals surface area contributed by atoms with E-state index in [1.807, 2.05) is 0 Å². The van der Waals surface area contributed by atoms with Crippen molar-refractivity contribution in [2.45, 2.75) is 116 Å². The Kier molecular flexibility index (Phi) is 9.21. The van der Waals surface area contributed by atoms with Gasteiger partial charge in [0.2, 0.25) is 5.91 Å². The third kappa shape index (κ3) is 6.09. The van der Waals surface area contributed by atoms with Crippen molar-refractivity contribution in [3.8, 4) is 0 Å². The number of carboxylic acid groups (broad SMARTS) is 1. The van der Waals surface area contributed by atoms with Crippen molar-refractivity contribution in [1.29, 1.82) is 0 Å². The second-order valence-electron chi connectivity index (χ2n) is 13.9. The summed E-state index contributed by atoms with van der Waals surface area (Å²) < 4.78 is 0. The van der Waals surface area contributed by atoms with Gasteiger partial charge in [0.1, 0.15) is 6.04 Å². The summed E-state index contributed by atoms with van der Waals surface area (Å²) in [6.45, 7) is 7.36. The molecule has 222 valence electrons. The summed E-state index contributed by atoms with van der Waals surface area (Å²) in [5.74, 6) is 1.48. The molecule has 9 heteroatoms. The van der Waals surface area contributed by atoms with E-state index in [4.69, 9.17) is 5.73 Å². The number of rotatable bonds is 10. The van der Waals surface area contributed by atoms with E-state index in [0.29, 0.717) is 42.4 Å². The van der Waals surface area contributed by atoms with Crippen LogP contribution >= 0.6 is 0 Å². The van der Waals surface area contributed by atoms with E-state index >= 15 is 0 Å². The Morgan fingerprint density at radius 3 is 2.33 bits per heavy atom. The average molecular weight is 550 g/mol. The minimum absolute atomic E-state index is 0.112. The molecular weight excluding hydrogens is 498 g/mol. The molecule has 0 radical (unpaired) electrons.